The van der Waals surface area contributed by atoms with Gasteiger partial charge in [-0.05, 0) is 39.1 Å². The number of rotatable bonds is 3. The minimum absolute atomic E-state index is 0.284. The second-order valence-corrected chi connectivity index (χ2v) is 4.46. The fourth-order valence-electron chi connectivity index (χ4n) is 1.35. The van der Waals surface area contributed by atoms with E-state index in [0.717, 1.165) is 6.07 Å². The largest absolute Gasteiger partial charge is 0.505 e. The molecule has 2 aromatic rings. The minimum atomic E-state index is -0.716. The molecule has 1 heterocycles. The van der Waals surface area contributed by atoms with Crippen molar-refractivity contribution < 1.29 is 14.0 Å². The molecule has 2 rings (SSSR count). The Labute approximate surface area is 104 Å². The van der Waals surface area contributed by atoms with Crippen LogP contribution in [0.2, 0.25) is 0 Å². The molecule has 0 spiro atoms. The Balaban J connectivity index is 2.38. The molecular weight excluding hydrogens is 237 g/mol. The van der Waals surface area contributed by atoms with Crippen LogP contribution < -0.4 is 5.32 Å². The number of aromatic hydroxyl groups is 1. The third kappa shape index (κ3) is 2.19. The Morgan fingerprint density at radius 3 is 2.72 bits per heavy atom. The Kier molecular flexibility index (Phi) is 3.04. The molecule has 5 nitrogen and oxygen atoms in total. The normalized spacial score (nSPS) is 11.8. The van der Waals surface area contributed by atoms with E-state index in [1.54, 1.807) is 7.05 Å². The van der Waals surface area contributed by atoms with Gasteiger partial charge in [-0.1, -0.05) is 5.16 Å². The Morgan fingerprint density at radius 2 is 2.11 bits per heavy atom. The van der Waals surface area contributed by atoms with Gasteiger partial charge in [0.25, 0.3) is 0 Å². The summed E-state index contributed by atoms with van der Waals surface area (Å²) in [5.74, 6) is -0.426. The minimum Gasteiger partial charge on any atom is -0.505 e. The van der Waals surface area contributed by atoms with Crippen LogP contribution in [-0.2, 0) is 5.54 Å². The van der Waals surface area contributed by atoms with E-state index in [1.807, 2.05) is 13.8 Å². The molecule has 1 aromatic carbocycles. The molecule has 0 fully saturated rings. The summed E-state index contributed by atoms with van der Waals surface area (Å²) in [7, 11) is 1.78. The lowest BCUT2D eigenvalue weighted by Crippen LogP contribution is -2.33. The SMILES string of the molecule is CNC(C)(C)c1nc(-c2ccc(O)c(F)c2)no1. The van der Waals surface area contributed by atoms with Crippen molar-refractivity contribution in [1.82, 2.24) is 15.5 Å². The van der Waals surface area contributed by atoms with Crippen molar-refractivity contribution in [2.24, 2.45) is 0 Å². The van der Waals surface area contributed by atoms with Crippen LogP contribution in [-0.4, -0.2) is 22.3 Å². The summed E-state index contributed by atoms with van der Waals surface area (Å²) in [6.45, 7) is 3.78. The summed E-state index contributed by atoms with van der Waals surface area (Å²) < 4.78 is 18.4. The summed E-state index contributed by atoms with van der Waals surface area (Å²) in [4.78, 5) is 4.21. The zero-order valence-electron chi connectivity index (χ0n) is 10.4. The van der Waals surface area contributed by atoms with Gasteiger partial charge in [-0.2, -0.15) is 4.98 Å². The molecule has 1 aromatic heterocycles. The van der Waals surface area contributed by atoms with Crippen LogP contribution in [0, 0.1) is 5.82 Å². The Bertz CT molecular complexity index is 566. The maximum Gasteiger partial charge on any atom is 0.246 e. The molecule has 0 aliphatic rings. The molecular formula is C12H14FN3O2. The van der Waals surface area contributed by atoms with E-state index < -0.39 is 17.1 Å². The molecule has 0 atom stereocenters. The van der Waals surface area contributed by atoms with Crippen LogP contribution in [0.1, 0.15) is 19.7 Å². The first-order valence-electron chi connectivity index (χ1n) is 5.46. The maximum absolute atomic E-state index is 13.2. The van der Waals surface area contributed by atoms with Crippen molar-refractivity contribution in [3.63, 3.8) is 0 Å². The summed E-state index contributed by atoms with van der Waals surface area (Å²) in [5, 5.41) is 15.9. The van der Waals surface area contributed by atoms with Gasteiger partial charge in [0, 0.05) is 5.56 Å². The number of nitrogens with one attached hydrogen (secondary N) is 1. The summed E-state index contributed by atoms with van der Waals surface area (Å²) >= 11 is 0. The highest BCUT2D eigenvalue weighted by molar-refractivity contribution is 5.55. The van der Waals surface area contributed by atoms with E-state index in [-0.39, 0.29) is 5.82 Å². The smallest absolute Gasteiger partial charge is 0.246 e. The summed E-state index contributed by atoms with van der Waals surface area (Å²) in [5.41, 5.74) is -0.00651. The van der Waals surface area contributed by atoms with Gasteiger partial charge in [-0.15, -0.1) is 0 Å². The van der Waals surface area contributed by atoms with Crippen LogP contribution in [0.5, 0.6) is 5.75 Å². The predicted octanol–water partition coefficient (Wildman–Crippen LogP) is 2.04. The lowest BCUT2D eigenvalue weighted by molar-refractivity contribution is 0.281. The Hall–Kier alpha value is -1.95. The molecule has 0 saturated heterocycles. The number of nitrogens with zero attached hydrogens (tertiary/aromatic N) is 2. The molecule has 18 heavy (non-hydrogen) atoms. The van der Waals surface area contributed by atoms with Crippen LogP contribution in [0.3, 0.4) is 0 Å². The van der Waals surface area contributed by atoms with Crippen molar-refractivity contribution in [2.45, 2.75) is 19.4 Å². The van der Waals surface area contributed by atoms with Crippen LogP contribution >= 0.6 is 0 Å². The molecule has 0 bridgehead atoms. The zero-order valence-corrected chi connectivity index (χ0v) is 10.4. The van der Waals surface area contributed by atoms with Gasteiger partial charge in [0.05, 0.1) is 5.54 Å². The van der Waals surface area contributed by atoms with Crippen molar-refractivity contribution in [3.05, 3.63) is 29.9 Å². The average Bonchev–Trinajstić information content (AvgIpc) is 2.83. The number of halogens is 1. The van der Waals surface area contributed by atoms with Gasteiger partial charge in [0.15, 0.2) is 11.6 Å². The van der Waals surface area contributed by atoms with Gasteiger partial charge in [-0.25, -0.2) is 4.39 Å². The van der Waals surface area contributed by atoms with Crippen LogP contribution in [0.4, 0.5) is 4.39 Å². The quantitative estimate of drug-likeness (QED) is 0.873. The number of benzene rings is 1. The molecule has 0 unspecified atom stereocenters. The van der Waals surface area contributed by atoms with Crippen molar-refractivity contribution in [1.29, 1.82) is 0 Å². The highest BCUT2D eigenvalue weighted by atomic mass is 19.1. The van der Waals surface area contributed by atoms with Gasteiger partial charge >= 0.3 is 0 Å². The maximum atomic E-state index is 13.2. The molecule has 0 radical (unpaired) electrons. The van der Waals surface area contributed by atoms with Gasteiger partial charge in [-0.3, -0.25) is 0 Å². The monoisotopic (exact) mass is 251 g/mol. The predicted molar refractivity (Wildman–Crippen MR) is 63.4 cm³/mol. The van der Waals surface area contributed by atoms with E-state index in [2.05, 4.69) is 15.5 Å². The average molecular weight is 251 g/mol. The first-order chi connectivity index (χ1) is 8.44. The molecule has 0 aliphatic heterocycles. The first kappa shape index (κ1) is 12.5. The van der Waals surface area contributed by atoms with E-state index in [9.17, 15) is 4.39 Å². The van der Waals surface area contributed by atoms with E-state index >= 15 is 0 Å². The lowest BCUT2D eigenvalue weighted by atomic mass is 10.1. The van der Waals surface area contributed by atoms with Crippen LogP contribution in [0.15, 0.2) is 22.7 Å². The van der Waals surface area contributed by atoms with Crippen molar-refractivity contribution in [3.8, 4) is 17.1 Å². The van der Waals surface area contributed by atoms with Crippen molar-refractivity contribution in [2.75, 3.05) is 7.05 Å². The lowest BCUT2D eigenvalue weighted by Gasteiger charge is -2.17. The fourth-order valence-corrected chi connectivity index (χ4v) is 1.35. The van der Waals surface area contributed by atoms with Crippen LogP contribution in [0.25, 0.3) is 11.4 Å². The third-order valence-electron chi connectivity index (χ3n) is 2.79. The Morgan fingerprint density at radius 1 is 1.39 bits per heavy atom. The van der Waals surface area contributed by atoms with Gasteiger partial charge in [0.2, 0.25) is 11.7 Å². The van der Waals surface area contributed by atoms with Crippen molar-refractivity contribution >= 4 is 0 Å². The van der Waals surface area contributed by atoms with E-state index in [1.165, 1.54) is 12.1 Å². The molecule has 2 N–H and O–H groups in total. The van der Waals surface area contributed by atoms with E-state index in [4.69, 9.17) is 9.63 Å². The molecule has 0 amide bonds. The topological polar surface area (TPSA) is 71.2 Å². The molecule has 96 valence electrons. The van der Waals surface area contributed by atoms with Gasteiger partial charge in [0.1, 0.15) is 0 Å². The van der Waals surface area contributed by atoms with E-state index in [0.29, 0.717) is 11.5 Å². The number of phenols is 1. The third-order valence-corrected chi connectivity index (χ3v) is 2.79. The molecule has 0 saturated carbocycles. The summed E-state index contributed by atoms with van der Waals surface area (Å²) in [6, 6.07) is 3.94. The second kappa shape index (κ2) is 4.38. The first-order valence-corrected chi connectivity index (χ1v) is 5.46. The number of phenolic OH excluding ortho intramolecular Hbond substituents is 1. The molecule has 6 heteroatoms. The fraction of sp³-hybridized carbons (Fsp3) is 0.333. The molecule has 0 aliphatic carbocycles. The number of hydrogen-bond acceptors (Lipinski definition) is 5. The van der Waals surface area contributed by atoms with Gasteiger partial charge < -0.3 is 14.9 Å². The highest BCUT2D eigenvalue weighted by Gasteiger charge is 2.25. The number of hydrogen-bond donors (Lipinski definition) is 2. The highest BCUT2D eigenvalue weighted by Crippen LogP contribution is 2.25. The number of aromatic nitrogens is 2. The zero-order chi connectivity index (χ0) is 13.3. The summed E-state index contributed by atoms with van der Waals surface area (Å²) in [6.07, 6.45) is 0. The standard InChI is InChI=1S/C12H14FN3O2/c1-12(2,14-3)11-15-10(16-18-11)7-4-5-9(17)8(13)6-7/h4-6,14,17H,1-3H3. The second-order valence-electron chi connectivity index (χ2n) is 4.46.